The molecule has 4 heterocycles. The smallest absolute Gasteiger partial charge is 0.124 e. The third-order valence-electron chi connectivity index (χ3n) is 7.03. The van der Waals surface area contributed by atoms with Crippen molar-refractivity contribution in [1.82, 2.24) is 25.2 Å². The van der Waals surface area contributed by atoms with Crippen LogP contribution in [-0.4, -0.2) is 52.1 Å². The molecule has 2 N–H and O–H groups in total. The number of para-hydroxylation sites is 1. The molecule has 6 nitrogen and oxygen atoms in total. The van der Waals surface area contributed by atoms with Crippen molar-refractivity contribution < 1.29 is 0 Å². The number of benzene rings is 1. The van der Waals surface area contributed by atoms with E-state index in [9.17, 15) is 0 Å². The zero-order valence-corrected chi connectivity index (χ0v) is 19.1. The molecule has 31 heavy (non-hydrogen) atoms. The molecule has 3 aromatic rings. The number of piperidine rings is 1. The summed E-state index contributed by atoms with van der Waals surface area (Å²) in [5.74, 6) is 1.08. The topological polar surface area (TPSA) is 60.1 Å². The molecular weight excluding hydrogens is 384 g/mol. The summed E-state index contributed by atoms with van der Waals surface area (Å²) < 4.78 is 0. The van der Waals surface area contributed by atoms with Gasteiger partial charge in [0.2, 0.25) is 0 Å². The van der Waals surface area contributed by atoms with E-state index in [2.05, 4.69) is 72.2 Å². The number of likely N-dealkylation sites (tertiary alicyclic amines) is 1. The highest BCUT2D eigenvalue weighted by Gasteiger charge is 2.33. The highest BCUT2D eigenvalue weighted by molar-refractivity contribution is 5.89. The number of anilines is 1. The van der Waals surface area contributed by atoms with Crippen molar-refractivity contribution in [2.24, 2.45) is 0 Å². The second-order valence-electron chi connectivity index (χ2n) is 9.50. The van der Waals surface area contributed by atoms with Gasteiger partial charge in [-0.2, -0.15) is 0 Å². The third kappa shape index (κ3) is 3.83. The molecule has 1 aromatic carbocycles. The van der Waals surface area contributed by atoms with Crippen LogP contribution in [0.3, 0.4) is 0 Å². The summed E-state index contributed by atoms with van der Waals surface area (Å²) in [5.41, 5.74) is 5.96. The van der Waals surface area contributed by atoms with E-state index in [-0.39, 0.29) is 6.04 Å². The van der Waals surface area contributed by atoms with Crippen LogP contribution in [0.25, 0.3) is 11.0 Å². The molecule has 2 aliphatic rings. The van der Waals surface area contributed by atoms with Crippen LogP contribution in [-0.2, 0) is 0 Å². The highest BCUT2D eigenvalue weighted by Crippen LogP contribution is 2.40. The van der Waals surface area contributed by atoms with Crippen LogP contribution in [0.4, 0.5) is 5.69 Å². The minimum Gasteiger partial charge on any atom is -0.367 e. The van der Waals surface area contributed by atoms with Gasteiger partial charge in [-0.25, -0.2) is 4.98 Å². The molecule has 2 fully saturated rings. The van der Waals surface area contributed by atoms with E-state index in [1.54, 1.807) is 0 Å². The maximum Gasteiger partial charge on any atom is 0.124 e. The standard InChI is InChI=1S/C25H34N6/c1-16-8-7-13-26-23(16)20-10-6-12-22(30(20)4)25-28-19-9-5-11-21(24(19)29-25)31-14-17(2)27-18(3)15-31/h5,7-9,11,13,17-18,20,22,27H,6,10,12,14-15H2,1-4H3,(H,28,29)/t17-,18+,20-,22+/m0/s1. The lowest BCUT2D eigenvalue weighted by atomic mass is 9.92. The van der Waals surface area contributed by atoms with E-state index in [1.165, 1.54) is 23.4 Å². The van der Waals surface area contributed by atoms with Gasteiger partial charge in [0, 0.05) is 31.4 Å². The summed E-state index contributed by atoms with van der Waals surface area (Å²) in [7, 11) is 2.23. The monoisotopic (exact) mass is 418 g/mol. The first-order chi connectivity index (χ1) is 15.0. The number of rotatable bonds is 3. The average Bonchev–Trinajstić information content (AvgIpc) is 3.18. The van der Waals surface area contributed by atoms with Gasteiger partial charge in [0.05, 0.1) is 29.0 Å². The molecule has 164 valence electrons. The Balaban J connectivity index is 1.47. The van der Waals surface area contributed by atoms with E-state index in [0.717, 1.165) is 42.8 Å². The number of nitrogens with zero attached hydrogens (tertiary/aromatic N) is 4. The normalized spacial score (nSPS) is 27.7. The average molecular weight is 419 g/mol. The molecule has 2 aromatic heterocycles. The maximum absolute atomic E-state index is 5.18. The number of imidazole rings is 1. The molecule has 0 unspecified atom stereocenters. The molecule has 5 rings (SSSR count). The van der Waals surface area contributed by atoms with E-state index >= 15 is 0 Å². The molecule has 6 heteroatoms. The van der Waals surface area contributed by atoms with Gasteiger partial charge in [-0.3, -0.25) is 9.88 Å². The van der Waals surface area contributed by atoms with Crippen LogP contribution < -0.4 is 10.2 Å². The number of aryl methyl sites for hydroxylation is 1. The summed E-state index contributed by atoms with van der Waals surface area (Å²) in [6.07, 6.45) is 5.37. The third-order valence-corrected chi connectivity index (χ3v) is 7.03. The van der Waals surface area contributed by atoms with Gasteiger partial charge in [-0.15, -0.1) is 0 Å². The zero-order chi connectivity index (χ0) is 21.5. The summed E-state index contributed by atoms with van der Waals surface area (Å²) in [6, 6.07) is 12.3. The van der Waals surface area contributed by atoms with Crippen LogP contribution in [0.15, 0.2) is 36.5 Å². The fraction of sp³-hybridized carbons (Fsp3) is 0.520. The van der Waals surface area contributed by atoms with Gasteiger partial charge in [0.15, 0.2) is 0 Å². The fourth-order valence-electron chi connectivity index (χ4n) is 5.61. The molecule has 0 amide bonds. The molecule has 2 aliphatic heterocycles. The summed E-state index contributed by atoms with van der Waals surface area (Å²) in [4.78, 5) is 18.5. The van der Waals surface area contributed by atoms with Crippen LogP contribution >= 0.6 is 0 Å². The SMILES string of the molecule is Cc1cccnc1[C@@H]1CCC[C@H](c2nc3c(N4C[C@@H](C)N[C@@H](C)C4)cccc3[nH]2)N1C. The Bertz CT molecular complexity index is 1050. The second kappa shape index (κ2) is 8.24. The van der Waals surface area contributed by atoms with Crippen molar-refractivity contribution in [3.8, 4) is 0 Å². The van der Waals surface area contributed by atoms with Gasteiger partial charge < -0.3 is 15.2 Å². The van der Waals surface area contributed by atoms with Crippen molar-refractivity contribution in [2.75, 3.05) is 25.0 Å². The molecule has 0 bridgehead atoms. The summed E-state index contributed by atoms with van der Waals surface area (Å²) in [6.45, 7) is 8.71. The van der Waals surface area contributed by atoms with E-state index in [4.69, 9.17) is 9.97 Å². The fourth-order valence-corrected chi connectivity index (χ4v) is 5.61. The number of aromatic amines is 1. The Morgan fingerprint density at radius 3 is 2.55 bits per heavy atom. The Morgan fingerprint density at radius 1 is 1.00 bits per heavy atom. The van der Waals surface area contributed by atoms with E-state index in [1.807, 2.05) is 12.3 Å². The lowest BCUT2D eigenvalue weighted by Gasteiger charge is -2.38. The molecule has 0 saturated carbocycles. The van der Waals surface area contributed by atoms with Gasteiger partial charge in [-0.1, -0.05) is 12.1 Å². The predicted octanol–water partition coefficient (Wildman–Crippen LogP) is 4.35. The van der Waals surface area contributed by atoms with Gasteiger partial charge in [0.25, 0.3) is 0 Å². The molecular formula is C25H34N6. The quantitative estimate of drug-likeness (QED) is 0.662. The number of hydrogen-bond acceptors (Lipinski definition) is 5. The first-order valence-corrected chi connectivity index (χ1v) is 11.6. The summed E-state index contributed by atoms with van der Waals surface area (Å²) >= 11 is 0. The van der Waals surface area contributed by atoms with Gasteiger partial charge in [0.1, 0.15) is 11.3 Å². The van der Waals surface area contributed by atoms with Crippen molar-refractivity contribution >= 4 is 16.7 Å². The number of pyridine rings is 1. The van der Waals surface area contributed by atoms with Crippen LogP contribution in [0.1, 0.15) is 62.3 Å². The lowest BCUT2D eigenvalue weighted by Crippen LogP contribution is -2.54. The lowest BCUT2D eigenvalue weighted by molar-refractivity contribution is 0.107. The van der Waals surface area contributed by atoms with E-state index in [0.29, 0.717) is 18.1 Å². The van der Waals surface area contributed by atoms with Crippen LogP contribution in [0.5, 0.6) is 0 Å². The van der Waals surface area contributed by atoms with Crippen molar-refractivity contribution in [2.45, 2.75) is 64.2 Å². The number of H-pyrrole nitrogens is 1. The molecule has 2 saturated heterocycles. The van der Waals surface area contributed by atoms with Gasteiger partial charge >= 0.3 is 0 Å². The number of hydrogen-bond donors (Lipinski definition) is 2. The highest BCUT2D eigenvalue weighted by atomic mass is 15.2. The molecule has 0 spiro atoms. The van der Waals surface area contributed by atoms with Crippen LogP contribution in [0.2, 0.25) is 0 Å². The molecule has 4 atom stereocenters. The van der Waals surface area contributed by atoms with Crippen molar-refractivity contribution in [3.05, 3.63) is 53.6 Å². The van der Waals surface area contributed by atoms with E-state index < -0.39 is 0 Å². The number of fused-ring (bicyclic) bond motifs is 1. The number of nitrogens with one attached hydrogen (secondary N) is 2. The van der Waals surface area contributed by atoms with Crippen LogP contribution in [0, 0.1) is 6.92 Å². The second-order valence-corrected chi connectivity index (χ2v) is 9.50. The number of piperazine rings is 1. The maximum atomic E-state index is 5.18. The minimum atomic E-state index is 0.279. The largest absolute Gasteiger partial charge is 0.367 e. The van der Waals surface area contributed by atoms with Crippen molar-refractivity contribution in [1.29, 1.82) is 0 Å². The van der Waals surface area contributed by atoms with Gasteiger partial charge in [-0.05, 0) is 70.8 Å². The Labute approximate surface area is 185 Å². The predicted molar refractivity (Wildman–Crippen MR) is 126 cm³/mol. The Morgan fingerprint density at radius 2 is 1.77 bits per heavy atom. The minimum absolute atomic E-state index is 0.279. The summed E-state index contributed by atoms with van der Waals surface area (Å²) in [5, 5.41) is 3.63. The number of aromatic nitrogens is 3. The molecule has 0 aliphatic carbocycles. The first kappa shape index (κ1) is 20.5. The molecule has 0 radical (unpaired) electrons. The first-order valence-electron chi connectivity index (χ1n) is 11.6. The van der Waals surface area contributed by atoms with Crippen molar-refractivity contribution in [3.63, 3.8) is 0 Å². The Hall–Kier alpha value is -2.44. The Kier molecular flexibility index (Phi) is 5.44. The zero-order valence-electron chi connectivity index (χ0n) is 19.1.